The van der Waals surface area contributed by atoms with Gasteiger partial charge in [-0.1, -0.05) is 11.6 Å². The van der Waals surface area contributed by atoms with Crippen LogP contribution in [0.2, 0.25) is 0 Å². The van der Waals surface area contributed by atoms with Crippen LogP contribution in [0.1, 0.15) is 12.0 Å². The van der Waals surface area contributed by atoms with Crippen molar-refractivity contribution in [1.82, 2.24) is 15.3 Å². The molecule has 0 radical (unpaired) electrons. The summed E-state index contributed by atoms with van der Waals surface area (Å²) < 4.78 is 11.3. The zero-order chi connectivity index (χ0) is 16.7. The quantitative estimate of drug-likeness (QED) is 0.780. The fraction of sp³-hybridized carbons (Fsp3) is 0.353. The van der Waals surface area contributed by atoms with E-state index in [0.717, 1.165) is 40.8 Å². The number of anilines is 1. The normalized spacial score (nSPS) is 17.6. The van der Waals surface area contributed by atoms with Crippen LogP contribution in [0.5, 0.6) is 0 Å². The van der Waals surface area contributed by atoms with Crippen LogP contribution in [0.3, 0.4) is 0 Å². The number of hydrogen-bond donors (Lipinski definition) is 1. The maximum Gasteiger partial charge on any atom is 0.407 e. The van der Waals surface area contributed by atoms with Crippen LogP contribution in [0.4, 0.5) is 10.6 Å². The molecular formula is C17H18N4O3. The highest BCUT2D eigenvalue weighted by atomic mass is 16.6. The van der Waals surface area contributed by atoms with E-state index in [1.807, 2.05) is 19.1 Å². The molecule has 7 nitrogen and oxygen atoms in total. The van der Waals surface area contributed by atoms with E-state index < -0.39 is 6.09 Å². The van der Waals surface area contributed by atoms with Crippen LogP contribution < -0.4 is 10.2 Å². The number of ether oxygens (including phenoxy) is 1. The van der Waals surface area contributed by atoms with Gasteiger partial charge >= 0.3 is 6.09 Å². The van der Waals surface area contributed by atoms with Gasteiger partial charge in [0.1, 0.15) is 23.5 Å². The largest absolute Gasteiger partial charge is 0.450 e. The predicted octanol–water partition coefficient (Wildman–Crippen LogP) is 2.62. The molecule has 1 atom stereocenters. The average Bonchev–Trinajstić information content (AvgIpc) is 3.18. The van der Waals surface area contributed by atoms with Gasteiger partial charge in [0.25, 0.3) is 0 Å². The van der Waals surface area contributed by atoms with Crippen LogP contribution >= 0.6 is 0 Å². The van der Waals surface area contributed by atoms with Crippen molar-refractivity contribution in [3.63, 3.8) is 0 Å². The van der Waals surface area contributed by atoms with Crippen molar-refractivity contribution < 1.29 is 13.9 Å². The van der Waals surface area contributed by atoms with E-state index in [-0.39, 0.29) is 6.10 Å². The van der Waals surface area contributed by atoms with Crippen molar-refractivity contribution in [2.45, 2.75) is 19.4 Å². The number of nitrogens with zero attached hydrogens (tertiary/aromatic N) is 3. The van der Waals surface area contributed by atoms with Crippen molar-refractivity contribution in [1.29, 1.82) is 0 Å². The number of aromatic nitrogens is 2. The van der Waals surface area contributed by atoms with E-state index in [9.17, 15) is 4.79 Å². The molecule has 1 amide bonds. The molecule has 2 aromatic heterocycles. The summed E-state index contributed by atoms with van der Waals surface area (Å²) in [6.45, 7) is 3.39. The number of carbonyl (C=O) groups excluding carboxylic acids is 1. The predicted molar refractivity (Wildman–Crippen MR) is 90.2 cm³/mol. The minimum atomic E-state index is -0.408. The SMILES string of the molecule is CNC(=O)O[C@H]1CCN(c2ncnc3c2oc2ccc(C)cc23)C1. The molecular weight excluding hydrogens is 308 g/mol. The summed E-state index contributed by atoms with van der Waals surface area (Å²) in [4.78, 5) is 22.3. The molecule has 1 aliphatic rings. The van der Waals surface area contributed by atoms with Gasteiger partial charge in [0.2, 0.25) is 0 Å². The number of benzene rings is 1. The summed E-state index contributed by atoms with van der Waals surface area (Å²) in [5, 5.41) is 3.47. The third-order valence-corrected chi connectivity index (χ3v) is 4.31. The lowest BCUT2D eigenvalue weighted by atomic mass is 10.2. The van der Waals surface area contributed by atoms with Gasteiger partial charge < -0.3 is 19.4 Å². The van der Waals surface area contributed by atoms with Gasteiger partial charge in [0, 0.05) is 25.4 Å². The molecule has 3 heterocycles. The van der Waals surface area contributed by atoms with Crippen molar-refractivity contribution in [2.75, 3.05) is 25.0 Å². The molecule has 1 aromatic carbocycles. The van der Waals surface area contributed by atoms with Crippen LogP contribution in [0.25, 0.3) is 22.1 Å². The fourth-order valence-electron chi connectivity index (χ4n) is 3.13. The first-order chi connectivity index (χ1) is 11.7. The van der Waals surface area contributed by atoms with E-state index in [2.05, 4.69) is 26.3 Å². The number of furan rings is 1. The molecule has 0 bridgehead atoms. The molecule has 1 saturated heterocycles. The molecule has 1 aliphatic heterocycles. The number of carbonyl (C=O) groups is 1. The minimum absolute atomic E-state index is 0.151. The van der Waals surface area contributed by atoms with Gasteiger partial charge in [-0.05, 0) is 19.1 Å². The first-order valence-corrected chi connectivity index (χ1v) is 7.93. The van der Waals surface area contributed by atoms with Crippen molar-refractivity contribution >= 4 is 34.0 Å². The van der Waals surface area contributed by atoms with E-state index in [4.69, 9.17) is 9.15 Å². The Kier molecular flexibility index (Phi) is 3.48. The minimum Gasteiger partial charge on any atom is -0.450 e. The Morgan fingerprint density at radius 1 is 1.42 bits per heavy atom. The van der Waals surface area contributed by atoms with E-state index in [1.54, 1.807) is 13.4 Å². The highest BCUT2D eigenvalue weighted by Crippen LogP contribution is 2.34. The Labute approximate surface area is 138 Å². The van der Waals surface area contributed by atoms with Crippen LogP contribution in [-0.4, -0.2) is 42.3 Å². The first-order valence-electron chi connectivity index (χ1n) is 7.93. The topological polar surface area (TPSA) is 80.5 Å². The average molecular weight is 326 g/mol. The second-order valence-corrected chi connectivity index (χ2v) is 5.99. The van der Waals surface area contributed by atoms with Gasteiger partial charge in [-0.25, -0.2) is 14.8 Å². The third kappa shape index (κ3) is 2.42. The third-order valence-electron chi connectivity index (χ3n) is 4.31. The Morgan fingerprint density at radius 3 is 3.12 bits per heavy atom. The van der Waals surface area contributed by atoms with Gasteiger partial charge in [0.15, 0.2) is 11.4 Å². The number of rotatable bonds is 2. The Balaban J connectivity index is 1.70. The lowest BCUT2D eigenvalue weighted by molar-refractivity contribution is 0.110. The number of nitrogens with one attached hydrogen (secondary N) is 1. The maximum absolute atomic E-state index is 11.4. The van der Waals surface area contributed by atoms with Crippen LogP contribution in [-0.2, 0) is 4.74 Å². The summed E-state index contributed by atoms with van der Waals surface area (Å²) in [6, 6.07) is 6.04. The summed E-state index contributed by atoms with van der Waals surface area (Å²) in [6.07, 6.45) is 1.76. The Morgan fingerprint density at radius 2 is 2.29 bits per heavy atom. The standard InChI is InChI=1S/C17H18N4O3/c1-10-3-4-13-12(7-10)14-15(24-13)16(20-9-19-14)21-6-5-11(8-21)23-17(22)18-2/h3-4,7,9,11H,5-6,8H2,1-2H3,(H,18,22)/t11-/m0/s1. The van der Waals surface area contributed by atoms with Crippen molar-refractivity contribution in [3.8, 4) is 0 Å². The van der Waals surface area contributed by atoms with Crippen LogP contribution in [0, 0.1) is 6.92 Å². The zero-order valence-electron chi connectivity index (χ0n) is 13.6. The molecule has 3 aromatic rings. The summed E-state index contributed by atoms with van der Waals surface area (Å²) >= 11 is 0. The molecule has 124 valence electrons. The summed E-state index contributed by atoms with van der Waals surface area (Å²) in [5.41, 5.74) is 3.45. The first kappa shape index (κ1) is 14.7. The maximum atomic E-state index is 11.4. The van der Waals surface area contributed by atoms with Crippen LogP contribution in [0.15, 0.2) is 28.9 Å². The van der Waals surface area contributed by atoms with Gasteiger partial charge in [0.05, 0.1) is 6.54 Å². The molecule has 0 aliphatic carbocycles. The number of hydrogen-bond acceptors (Lipinski definition) is 6. The summed E-state index contributed by atoms with van der Waals surface area (Å²) in [7, 11) is 1.55. The zero-order valence-corrected chi connectivity index (χ0v) is 13.6. The number of aryl methyl sites for hydroxylation is 1. The van der Waals surface area contributed by atoms with E-state index >= 15 is 0 Å². The summed E-state index contributed by atoms with van der Waals surface area (Å²) in [5.74, 6) is 0.747. The van der Waals surface area contributed by atoms with E-state index in [1.165, 1.54) is 0 Å². The molecule has 24 heavy (non-hydrogen) atoms. The monoisotopic (exact) mass is 326 g/mol. The van der Waals surface area contributed by atoms with Gasteiger partial charge in [-0.2, -0.15) is 0 Å². The highest BCUT2D eigenvalue weighted by Gasteiger charge is 2.28. The van der Waals surface area contributed by atoms with E-state index in [0.29, 0.717) is 12.1 Å². The fourth-order valence-corrected chi connectivity index (χ4v) is 3.13. The lowest BCUT2D eigenvalue weighted by Crippen LogP contribution is -2.29. The smallest absolute Gasteiger partial charge is 0.407 e. The number of amides is 1. The van der Waals surface area contributed by atoms with Crippen molar-refractivity contribution in [3.05, 3.63) is 30.1 Å². The van der Waals surface area contributed by atoms with Crippen molar-refractivity contribution in [2.24, 2.45) is 0 Å². The lowest BCUT2D eigenvalue weighted by Gasteiger charge is -2.17. The molecule has 7 heteroatoms. The number of alkyl carbamates (subject to hydrolysis) is 1. The number of fused-ring (bicyclic) bond motifs is 3. The molecule has 0 unspecified atom stereocenters. The second-order valence-electron chi connectivity index (χ2n) is 5.99. The molecule has 4 rings (SSSR count). The van der Waals surface area contributed by atoms with Gasteiger partial charge in [-0.3, -0.25) is 0 Å². The molecule has 1 N–H and O–H groups in total. The Hall–Kier alpha value is -2.83. The second kappa shape index (κ2) is 5.67. The van der Waals surface area contributed by atoms with Gasteiger partial charge in [-0.15, -0.1) is 0 Å². The highest BCUT2D eigenvalue weighted by molar-refractivity contribution is 6.05. The molecule has 0 spiro atoms. The Bertz CT molecular complexity index is 921. The molecule has 0 saturated carbocycles. The molecule has 1 fully saturated rings.